The number of hydrogen-bond donors (Lipinski definition) is 0. The molecule has 0 radical (unpaired) electrons. The molecule has 7 nitrogen and oxygen atoms in total. The molecule has 0 amide bonds. The molecule has 0 bridgehead atoms. The monoisotopic (exact) mass is 454 g/mol. The summed E-state index contributed by atoms with van der Waals surface area (Å²) < 4.78 is 29.9. The molecule has 2 saturated heterocycles. The second kappa shape index (κ2) is 10.4. The van der Waals surface area contributed by atoms with Crippen LogP contribution in [-0.4, -0.2) is 62.8 Å². The lowest BCUT2D eigenvalue weighted by molar-refractivity contribution is 0.00578. The lowest BCUT2D eigenvalue weighted by Gasteiger charge is -2.32. The van der Waals surface area contributed by atoms with Gasteiger partial charge in [0.1, 0.15) is 0 Å². The van der Waals surface area contributed by atoms with E-state index in [2.05, 4.69) is 44.7 Å². The molecular formula is C25H35BN2O5. The van der Waals surface area contributed by atoms with Crippen molar-refractivity contribution in [1.29, 1.82) is 0 Å². The van der Waals surface area contributed by atoms with Gasteiger partial charge < -0.3 is 28.4 Å². The molecule has 0 spiro atoms. The third-order valence-electron chi connectivity index (χ3n) is 6.49. The average Bonchev–Trinajstić information content (AvgIpc) is 3.04. The topological polar surface area (TPSA) is 62.3 Å². The van der Waals surface area contributed by atoms with Crippen LogP contribution >= 0.6 is 0 Å². The first-order chi connectivity index (χ1) is 15.9. The minimum absolute atomic E-state index is 0.405. The molecule has 0 N–H and O–H groups in total. The normalized spacial score (nSPS) is 19.6. The second-order valence-electron chi connectivity index (χ2n) is 9.52. The van der Waals surface area contributed by atoms with Crippen LogP contribution in [0.15, 0.2) is 42.6 Å². The molecule has 0 atom stereocenters. The smallest absolute Gasteiger partial charge is 0.490 e. The lowest BCUT2D eigenvalue weighted by Crippen LogP contribution is -2.41. The van der Waals surface area contributed by atoms with Gasteiger partial charge in [-0.2, -0.15) is 0 Å². The maximum atomic E-state index is 6.22. The summed E-state index contributed by atoms with van der Waals surface area (Å²) in [5.74, 6) is 1.58. The van der Waals surface area contributed by atoms with Crippen molar-refractivity contribution in [2.45, 2.75) is 51.9 Å². The van der Waals surface area contributed by atoms with Crippen molar-refractivity contribution in [3.8, 4) is 5.75 Å². The van der Waals surface area contributed by atoms with Crippen molar-refractivity contribution in [3.05, 3.63) is 48.2 Å². The fourth-order valence-corrected chi connectivity index (χ4v) is 3.79. The second-order valence-corrected chi connectivity index (χ2v) is 9.52. The van der Waals surface area contributed by atoms with Gasteiger partial charge in [-0.15, -0.1) is 0 Å². The predicted octanol–water partition coefficient (Wildman–Crippen LogP) is 3.20. The minimum atomic E-state index is -0.474. The molecule has 2 fully saturated rings. The van der Waals surface area contributed by atoms with Crippen LogP contribution in [0.4, 0.5) is 5.82 Å². The van der Waals surface area contributed by atoms with Crippen LogP contribution in [-0.2, 0) is 25.4 Å². The van der Waals surface area contributed by atoms with Crippen LogP contribution < -0.4 is 15.1 Å². The van der Waals surface area contributed by atoms with Gasteiger partial charge in [-0.1, -0.05) is 30.3 Å². The Hall–Kier alpha value is -2.13. The molecular weight excluding hydrogens is 419 g/mol. The quantitative estimate of drug-likeness (QED) is 0.426. The Labute approximate surface area is 197 Å². The van der Waals surface area contributed by atoms with Gasteiger partial charge in [-0.05, 0) is 39.3 Å². The molecule has 1 aromatic carbocycles. The fourth-order valence-electron chi connectivity index (χ4n) is 3.79. The van der Waals surface area contributed by atoms with E-state index in [1.54, 1.807) is 0 Å². The molecule has 33 heavy (non-hydrogen) atoms. The Kier molecular flexibility index (Phi) is 7.59. The summed E-state index contributed by atoms with van der Waals surface area (Å²) in [5.41, 5.74) is 1.23. The molecule has 0 unspecified atom stereocenters. The number of nitrogens with zero attached hydrogens (tertiary/aromatic N) is 2. The van der Waals surface area contributed by atoms with E-state index in [9.17, 15) is 0 Å². The Morgan fingerprint density at radius 2 is 1.70 bits per heavy atom. The Bertz CT molecular complexity index is 887. The van der Waals surface area contributed by atoms with Crippen LogP contribution in [0.3, 0.4) is 0 Å². The summed E-state index contributed by atoms with van der Waals surface area (Å²) in [6, 6.07) is 12.2. The van der Waals surface area contributed by atoms with Gasteiger partial charge in [0, 0.05) is 31.2 Å². The zero-order chi connectivity index (χ0) is 23.3. The molecule has 0 saturated carbocycles. The Balaban J connectivity index is 1.39. The highest BCUT2D eigenvalue weighted by Gasteiger charge is 2.52. The van der Waals surface area contributed by atoms with Crippen molar-refractivity contribution in [1.82, 2.24) is 4.98 Å². The molecule has 1 aromatic heterocycles. The zero-order valence-corrected chi connectivity index (χ0v) is 20.2. The van der Waals surface area contributed by atoms with Crippen LogP contribution in [0.25, 0.3) is 0 Å². The van der Waals surface area contributed by atoms with Crippen LogP contribution in [0, 0.1) is 0 Å². The highest BCUT2D eigenvalue weighted by atomic mass is 16.7. The van der Waals surface area contributed by atoms with Gasteiger partial charge >= 0.3 is 7.12 Å². The molecule has 3 heterocycles. The van der Waals surface area contributed by atoms with Crippen molar-refractivity contribution in [3.63, 3.8) is 0 Å². The molecule has 0 aliphatic carbocycles. The summed E-state index contributed by atoms with van der Waals surface area (Å²) in [6.07, 6.45) is 2.62. The van der Waals surface area contributed by atoms with Crippen molar-refractivity contribution in [2.24, 2.45) is 0 Å². The zero-order valence-electron chi connectivity index (χ0n) is 20.2. The third-order valence-corrected chi connectivity index (χ3v) is 6.49. The number of ether oxygens (including phenoxy) is 3. The van der Waals surface area contributed by atoms with Crippen LogP contribution in [0.5, 0.6) is 5.75 Å². The van der Waals surface area contributed by atoms with Crippen molar-refractivity contribution >= 4 is 18.4 Å². The number of pyridine rings is 1. The summed E-state index contributed by atoms with van der Waals surface area (Å²) in [6.45, 7) is 12.9. The van der Waals surface area contributed by atoms with Gasteiger partial charge in [0.15, 0.2) is 11.6 Å². The highest BCUT2D eigenvalue weighted by molar-refractivity contribution is 6.62. The average molecular weight is 454 g/mol. The largest absolute Gasteiger partial charge is 0.496 e. The van der Waals surface area contributed by atoms with Gasteiger partial charge in [0.2, 0.25) is 0 Å². The van der Waals surface area contributed by atoms with Gasteiger partial charge in [0.25, 0.3) is 0 Å². The maximum absolute atomic E-state index is 6.22. The van der Waals surface area contributed by atoms with Gasteiger partial charge in [-0.25, -0.2) is 4.98 Å². The maximum Gasteiger partial charge on any atom is 0.496 e. The van der Waals surface area contributed by atoms with Crippen molar-refractivity contribution < 1.29 is 23.5 Å². The molecule has 2 aliphatic heterocycles. The van der Waals surface area contributed by atoms with E-state index in [0.29, 0.717) is 33.0 Å². The standard InChI is InChI=1S/C25H35BN2O5/c1-24(2)25(3,4)33-26(32-24)21-17-22(23(27-18-21)28-11-15-29-16-12-28)31-14-8-13-30-19-20-9-6-5-7-10-20/h5-7,9-10,17-18H,8,11-16,19H2,1-4H3. The lowest BCUT2D eigenvalue weighted by atomic mass is 9.80. The number of rotatable bonds is 9. The predicted molar refractivity (Wildman–Crippen MR) is 129 cm³/mol. The first-order valence-electron chi connectivity index (χ1n) is 11.8. The first kappa shape index (κ1) is 24.0. The number of anilines is 1. The Morgan fingerprint density at radius 3 is 2.39 bits per heavy atom. The minimum Gasteiger partial charge on any atom is -0.490 e. The number of morpholine rings is 1. The van der Waals surface area contributed by atoms with E-state index in [1.807, 2.05) is 30.5 Å². The summed E-state index contributed by atoms with van der Waals surface area (Å²) >= 11 is 0. The number of aromatic nitrogens is 1. The fraction of sp³-hybridized carbons (Fsp3) is 0.560. The molecule has 4 rings (SSSR count). The number of hydrogen-bond acceptors (Lipinski definition) is 7. The van der Waals surface area contributed by atoms with E-state index in [4.69, 9.17) is 28.5 Å². The summed E-state index contributed by atoms with van der Waals surface area (Å²) in [7, 11) is -0.474. The first-order valence-corrected chi connectivity index (χ1v) is 11.8. The van der Waals surface area contributed by atoms with E-state index >= 15 is 0 Å². The van der Waals surface area contributed by atoms with Gasteiger partial charge in [0.05, 0.1) is 44.2 Å². The van der Waals surface area contributed by atoms with Gasteiger partial charge in [-0.3, -0.25) is 0 Å². The molecule has 2 aromatic rings. The highest BCUT2D eigenvalue weighted by Crippen LogP contribution is 2.37. The molecule has 8 heteroatoms. The summed E-state index contributed by atoms with van der Waals surface area (Å²) in [4.78, 5) is 6.96. The molecule has 2 aliphatic rings. The van der Waals surface area contributed by atoms with E-state index in [-0.39, 0.29) is 0 Å². The van der Waals surface area contributed by atoms with Crippen LogP contribution in [0.2, 0.25) is 0 Å². The SMILES string of the molecule is CC1(C)OB(c2cnc(N3CCOCC3)c(OCCCOCc3ccccc3)c2)OC1(C)C. The van der Waals surface area contributed by atoms with Crippen molar-refractivity contribution in [2.75, 3.05) is 44.4 Å². The van der Waals surface area contributed by atoms with E-state index in [1.165, 1.54) is 5.56 Å². The Morgan fingerprint density at radius 1 is 1.00 bits per heavy atom. The number of benzene rings is 1. The van der Waals surface area contributed by atoms with E-state index in [0.717, 1.165) is 36.5 Å². The molecule has 178 valence electrons. The van der Waals surface area contributed by atoms with E-state index < -0.39 is 18.3 Å². The third kappa shape index (κ3) is 5.87. The van der Waals surface area contributed by atoms with Crippen LogP contribution in [0.1, 0.15) is 39.7 Å². The summed E-state index contributed by atoms with van der Waals surface area (Å²) in [5, 5.41) is 0.